The first kappa shape index (κ1) is 9.92. The van der Waals surface area contributed by atoms with Crippen LogP contribution in [-0.4, -0.2) is 17.7 Å². The molecule has 0 unspecified atom stereocenters. The van der Waals surface area contributed by atoms with Crippen molar-refractivity contribution in [3.8, 4) is 5.75 Å². The Balaban J connectivity index is 2.57. The lowest BCUT2D eigenvalue weighted by molar-refractivity contribution is 0.0690. The Morgan fingerprint density at radius 3 is 3.00 bits per heavy atom. The van der Waals surface area contributed by atoms with Crippen molar-refractivity contribution in [2.75, 3.05) is 6.61 Å². The van der Waals surface area contributed by atoms with Gasteiger partial charge in [0.2, 0.25) is 0 Å². The highest BCUT2D eigenvalue weighted by Gasteiger charge is 2.25. The lowest BCUT2D eigenvalue weighted by Gasteiger charge is -2.23. The normalized spacial score (nSPS) is 19.2. The van der Waals surface area contributed by atoms with Crippen LogP contribution in [0.4, 0.5) is 4.39 Å². The van der Waals surface area contributed by atoms with Crippen LogP contribution in [0, 0.1) is 5.82 Å². The monoisotopic (exact) mass is 211 g/mol. The van der Waals surface area contributed by atoms with Crippen molar-refractivity contribution in [2.45, 2.75) is 12.5 Å². The molecule has 1 aromatic rings. The Morgan fingerprint density at radius 2 is 2.33 bits per heavy atom. The molecule has 0 fully saturated rings. The molecule has 0 radical (unpaired) electrons. The Bertz CT molecular complexity index is 419. The molecule has 80 valence electrons. The van der Waals surface area contributed by atoms with Crippen LogP contribution in [0.2, 0.25) is 0 Å². The van der Waals surface area contributed by atoms with Crippen LogP contribution in [0.1, 0.15) is 28.4 Å². The van der Waals surface area contributed by atoms with Crippen LogP contribution in [0.25, 0.3) is 0 Å². The highest BCUT2D eigenvalue weighted by Crippen LogP contribution is 2.34. The first-order valence-corrected chi connectivity index (χ1v) is 4.55. The third kappa shape index (κ3) is 1.55. The fourth-order valence-electron chi connectivity index (χ4n) is 1.62. The highest BCUT2D eigenvalue weighted by molar-refractivity contribution is 5.88. The average molecular weight is 211 g/mol. The maximum atomic E-state index is 13.6. The molecule has 0 amide bonds. The molecule has 1 atom stereocenters. The van der Waals surface area contributed by atoms with Gasteiger partial charge in [0.1, 0.15) is 0 Å². The molecule has 2 rings (SSSR count). The predicted octanol–water partition coefficient (Wildman–Crippen LogP) is 1.31. The number of carboxylic acids is 1. The van der Waals surface area contributed by atoms with E-state index in [1.165, 1.54) is 12.1 Å². The number of benzene rings is 1. The van der Waals surface area contributed by atoms with Gasteiger partial charge in [-0.2, -0.15) is 0 Å². The third-order valence-electron chi connectivity index (χ3n) is 2.43. The van der Waals surface area contributed by atoms with E-state index in [0.717, 1.165) is 0 Å². The van der Waals surface area contributed by atoms with Crippen LogP contribution in [0.5, 0.6) is 5.75 Å². The second-order valence-corrected chi connectivity index (χ2v) is 3.39. The van der Waals surface area contributed by atoms with Crippen molar-refractivity contribution in [1.29, 1.82) is 0 Å². The van der Waals surface area contributed by atoms with Gasteiger partial charge in [-0.1, -0.05) is 6.07 Å². The molecule has 1 aliphatic rings. The number of rotatable bonds is 1. The minimum atomic E-state index is -1.31. The number of ether oxygens (including phenoxy) is 1. The number of carboxylic acid groups (broad SMARTS) is 1. The molecule has 0 saturated carbocycles. The maximum absolute atomic E-state index is 13.6. The first-order chi connectivity index (χ1) is 7.11. The summed E-state index contributed by atoms with van der Waals surface area (Å²) in [5, 5.41) is 8.71. The van der Waals surface area contributed by atoms with Crippen molar-refractivity contribution >= 4 is 5.97 Å². The van der Waals surface area contributed by atoms with Gasteiger partial charge in [0.15, 0.2) is 11.6 Å². The number of fused-ring (bicyclic) bond motifs is 1. The summed E-state index contributed by atoms with van der Waals surface area (Å²) in [7, 11) is 0. The molecule has 0 aromatic heterocycles. The minimum absolute atomic E-state index is 0.0198. The van der Waals surface area contributed by atoms with Crippen LogP contribution in [-0.2, 0) is 0 Å². The number of aromatic carboxylic acids is 1. The highest BCUT2D eigenvalue weighted by atomic mass is 19.1. The summed E-state index contributed by atoms with van der Waals surface area (Å²) in [6, 6.07) is 2.43. The van der Waals surface area contributed by atoms with Gasteiger partial charge in [0.25, 0.3) is 0 Å². The molecule has 1 aromatic carbocycles. The summed E-state index contributed by atoms with van der Waals surface area (Å²) in [6.07, 6.45) is 0.610. The zero-order chi connectivity index (χ0) is 11.0. The van der Waals surface area contributed by atoms with E-state index in [-0.39, 0.29) is 17.4 Å². The molecule has 4 nitrogen and oxygen atoms in total. The van der Waals surface area contributed by atoms with E-state index >= 15 is 0 Å². The largest absolute Gasteiger partial charge is 0.490 e. The van der Waals surface area contributed by atoms with Crippen LogP contribution in [0.3, 0.4) is 0 Å². The van der Waals surface area contributed by atoms with E-state index in [1.54, 1.807) is 0 Å². The van der Waals surface area contributed by atoms with E-state index in [0.29, 0.717) is 18.6 Å². The Morgan fingerprint density at radius 1 is 1.60 bits per heavy atom. The molecule has 3 N–H and O–H groups in total. The number of nitrogens with two attached hydrogens (primary N) is 1. The third-order valence-corrected chi connectivity index (χ3v) is 2.43. The van der Waals surface area contributed by atoms with E-state index in [2.05, 4.69) is 0 Å². The van der Waals surface area contributed by atoms with Crippen LogP contribution < -0.4 is 10.5 Å². The number of hydrogen-bond acceptors (Lipinski definition) is 3. The topological polar surface area (TPSA) is 72.5 Å². The summed E-state index contributed by atoms with van der Waals surface area (Å²) in [5.41, 5.74) is 5.89. The Kier molecular flexibility index (Phi) is 2.32. The number of hydrogen-bond donors (Lipinski definition) is 2. The maximum Gasteiger partial charge on any atom is 0.338 e. The number of halogens is 1. The summed E-state index contributed by atoms with van der Waals surface area (Å²) >= 11 is 0. The minimum Gasteiger partial charge on any atom is -0.490 e. The summed E-state index contributed by atoms with van der Waals surface area (Å²) in [6.45, 7) is 0.314. The zero-order valence-electron chi connectivity index (χ0n) is 7.87. The van der Waals surface area contributed by atoms with Gasteiger partial charge in [-0.05, 0) is 6.07 Å². The molecular weight excluding hydrogens is 201 g/mol. The summed E-state index contributed by atoms with van der Waals surface area (Å²) in [4.78, 5) is 10.7. The average Bonchev–Trinajstić information content (AvgIpc) is 2.19. The second kappa shape index (κ2) is 3.51. The van der Waals surface area contributed by atoms with E-state index in [9.17, 15) is 9.18 Å². The van der Waals surface area contributed by atoms with Gasteiger partial charge in [0.05, 0.1) is 12.2 Å². The van der Waals surface area contributed by atoms with Crippen LogP contribution in [0.15, 0.2) is 12.1 Å². The zero-order valence-corrected chi connectivity index (χ0v) is 7.87. The van der Waals surface area contributed by atoms with E-state index in [1.807, 2.05) is 0 Å². The molecule has 0 saturated heterocycles. The SMILES string of the molecule is N[C@@H]1CCOc2c1ccc(C(=O)O)c2F. The number of carbonyl (C=O) groups is 1. The van der Waals surface area contributed by atoms with Crippen molar-refractivity contribution in [1.82, 2.24) is 0 Å². The van der Waals surface area contributed by atoms with Crippen molar-refractivity contribution < 1.29 is 19.0 Å². The standard InChI is InChI=1S/C10H10FNO3/c11-8-6(10(13)14)2-1-5-7(12)3-4-15-9(5)8/h1-2,7H,3-4,12H2,(H,13,14)/t7-/m1/s1. The van der Waals surface area contributed by atoms with Crippen molar-refractivity contribution in [3.05, 3.63) is 29.1 Å². The molecule has 1 aliphatic heterocycles. The first-order valence-electron chi connectivity index (χ1n) is 4.55. The summed E-state index contributed by atoms with van der Waals surface area (Å²) in [5.74, 6) is -2.16. The second-order valence-electron chi connectivity index (χ2n) is 3.39. The van der Waals surface area contributed by atoms with Gasteiger partial charge in [0, 0.05) is 18.0 Å². The van der Waals surface area contributed by atoms with Crippen molar-refractivity contribution in [2.24, 2.45) is 5.73 Å². The summed E-state index contributed by atoms with van der Waals surface area (Å²) < 4.78 is 18.7. The van der Waals surface area contributed by atoms with Gasteiger partial charge < -0.3 is 15.6 Å². The molecule has 0 bridgehead atoms. The molecular formula is C10H10FNO3. The fourth-order valence-corrected chi connectivity index (χ4v) is 1.62. The lowest BCUT2D eigenvalue weighted by Crippen LogP contribution is -2.22. The van der Waals surface area contributed by atoms with Gasteiger partial charge in [-0.3, -0.25) is 0 Å². The fraction of sp³-hybridized carbons (Fsp3) is 0.300. The van der Waals surface area contributed by atoms with Gasteiger partial charge in [-0.25, -0.2) is 9.18 Å². The molecule has 15 heavy (non-hydrogen) atoms. The van der Waals surface area contributed by atoms with Crippen molar-refractivity contribution in [3.63, 3.8) is 0 Å². The van der Waals surface area contributed by atoms with E-state index < -0.39 is 11.8 Å². The molecule has 5 heteroatoms. The Labute approximate surface area is 85.5 Å². The Hall–Kier alpha value is -1.62. The molecule has 0 aliphatic carbocycles. The van der Waals surface area contributed by atoms with E-state index in [4.69, 9.17) is 15.6 Å². The lowest BCUT2D eigenvalue weighted by atomic mass is 9.99. The predicted molar refractivity (Wildman–Crippen MR) is 50.4 cm³/mol. The quantitative estimate of drug-likeness (QED) is 0.734. The molecule has 1 heterocycles. The van der Waals surface area contributed by atoms with Crippen LogP contribution >= 0.6 is 0 Å². The van der Waals surface area contributed by atoms with Gasteiger partial charge >= 0.3 is 5.97 Å². The smallest absolute Gasteiger partial charge is 0.338 e. The molecule has 0 spiro atoms. The van der Waals surface area contributed by atoms with Gasteiger partial charge in [-0.15, -0.1) is 0 Å².